The average molecular weight is 352 g/mol. The van der Waals surface area contributed by atoms with Crippen molar-refractivity contribution in [3.8, 4) is 5.75 Å². The van der Waals surface area contributed by atoms with E-state index in [1.165, 1.54) is 12.8 Å². The molecule has 1 aromatic rings. The summed E-state index contributed by atoms with van der Waals surface area (Å²) in [7, 11) is 0. The molecule has 1 heterocycles. The lowest BCUT2D eigenvalue weighted by molar-refractivity contribution is -0.144. The minimum Gasteiger partial charge on any atom is -0.490 e. The van der Waals surface area contributed by atoms with Crippen LogP contribution in [0.5, 0.6) is 5.75 Å². The van der Waals surface area contributed by atoms with Gasteiger partial charge in [-0.15, -0.1) is 0 Å². The van der Waals surface area contributed by atoms with Gasteiger partial charge in [0, 0.05) is 30.2 Å². The highest BCUT2D eigenvalue weighted by Crippen LogP contribution is 2.31. The third kappa shape index (κ3) is 4.42. The van der Waals surface area contributed by atoms with E-state index in [1.54, 1.807) is 0 Å². The maximum Gasteiger partial charge on any atom is 0.307 e. The van der Waals surface area contributed by atoms with E-state index < -0.39 is 5.97 Å². The van der Waals surface area contributed by atoms with Gasteiger partial charge in [0.2, 0.25) is 0 Å². The predicted octanol–water partition coefficient (Wildman–Crippen LogP) is 4.20. The van der Waals surface area contributed by atoms with Crippen LogP contribution in [0.2, 0.25) is 5.02 Å². The first-order valence-electron chi connectivity index (χ1n) is 8.91. The Morgan fingerprint density at radius 1 is 1.33 bits per heavy atom. The van der Waals surface area contributed by atoms with E-state index in [0.29, 0.717) is 30.1 Å². The molecule has 3 rings (SSSR count). The van der Waals surface area contributed by atoms with Crippen LogP contribution in [0.4, 0.5) is 0 Å². The molecule has 0 amide bonds. The van der Waals surface area contributed by atoms with Gasteiger partial charge in [0.1, 0.15) is 5.75 Å². The molecule has 2 fully saturated rings. The number of carboxylic acids is 1. The van der Waals surface area contributed by atoms with Crippen molar-refractivity contribution in [1.29, 1.82) is 0 Å². The van der Waals surface area contributed by atoms with Gasteiger partial charge in [-0.25, -0.2) is 0 Å². The van der Waals surface area contributed by atoms with Gasteiger partial charge in [-0.2, -0.15) is 0 Å². The number of ether oxygens (including phenoxy) is 1. The van der Waals surface area contributed by atoms with E-state index in [1.807, 2.05) is 18.2 Å². The topological polar surface area (TPSA) is 49.8 Å². The smallest absolute Gasteiger partial charge is 0.307 e. The zero-order chi connectivity index (χ0) is 17.1. The first-order chi connectivity index (χ1) is 11.5. The molecule has 0 spiro atoms. The predicted molar refractivity (Wildman–Crippen MR) is 94.5 cm³/mol. The van der Waals surface area contributed by atoms with Crippen molar-refractivity contribution in [2.24, 2.45) is 11.8 Å². The molecule has 1 saturated carbocycles. The minimum absolute atomic E-state index is 0.285. The van der Waals surface area contributed by atoms with Gasteiger partial charge < -0.3 is 9.84 Å². The Morgan fingerprint density at radius 2 is 2.08 bits per heavy atom. The lowest BCUT2D eigenvalue weighted by atomic mass is 9.90. The van der Waals surface area contributed by atoms with Crippen LogP contribution in [0.1, 0.15) is 44.6 Å². The summed E-state index contributed by atoms with van der Waals surface area (Å²) in [4.78, 5) is 13.6. The number of hydrogen-bond acceptors (Lipinski definition) is 3. The number of nitrogens with zero attached hydrogens (tertiary/aromatic N) is 1. The molecule has 1 saturated heterocycles. The molecule has 1 aliphatic heterocycles. The van der Waals surface area contributed by atoms with E-state index in [2.05, 4.69) is 11.8 Å². The zero-order valence-electron chi connectivity index (χ0n) is 14.2. The Hall–Kier alpha value is -1.26. The molecule has 1 aliphatic carbocycles. The molecule has 1 N–H and O–H groups in total. The second-order valence-corrected chi connectivity index (χ2v) is 7.78. The summed E-state index contributed by atoms with van der Waals surface area (Å²) >= 11 is 6.19. The molecule has 5 heteroatoms. The monoisotopic (exact) mass is 351 g/mol. The molecule has 2 atom stereocenters. The summed E-state index contributed by atoms with van der Waals surface area (Å²) in [5.41, 5.74) is 1.06. The fraction of sp³-hybridized carbons (Fsp3) is 0.632. The molecule has 0 bridgehead atoms. The lowest BCUT2D eigenvalue weighted by Gasteiger charge is -2.35. The van der Waals surface area contributed by atoms with Crippen LogP contribution in [-0.4, -0.2) is 35.2 Å². The first kappa shape index (κ1) is 17.6. The third-order valence-electron chi connectivity index (χ3n) is 5.10. The molecule has 4 nitrogen and oxygen atoms in total. The van der Waals surface area contributed by atoms with E-state index in [9.17, 15) is 9.90 Å². The lowest BCUT2D eigenvalue weighted by Crippen LogP contribution is -2.42. The fourth-order valence-corrected chi connectivity index (χ4v) is 4.18. The number of carbonyl (C=O) groups is 1. The molecular weight excluding hydrogens is 326 g/mol. The van der Waals surface area contributed by atoms with E-state index in [-0.39, 0.29) is 5.92 Å². The van der Waals surface area contributed by atoms with Crippen LogP contribution in [0.15, 0.2) is 18.2 Å². The minimum atomic E-state index is -0.694. The van der Waals surface area contributed by atoms with Crippen LogP contribution in [0, 0.1) is 11.8 Å². The number of halogens is 1. The fourth-order valence-electron chi connectivity index (χ4n) is 3.98. The van der Waals surface area contributed by atoms with Crippen molar-refractivity contribution in [2.75, 3.05) is 13.1 Å². The summed E-state index contributed by atoms with van der Waals surface area (Å²) in [5, 5.41) is 10.1. The van der Waals surface area contributed by atoms with Crippen molar-refractivity contribution in [3.63, 3.8) is 0 Å². The van der Waals surface area contributed by atoms with Crippen LogP contribution < -0.4 is 4.74 Å². The van der Waals surface area contributed by atoms with Gasteiger partial charge >= 0.3 is 5.97 Å². The van der Waals surface area contributed by atoms with Crippen molar-refractivity contribution >= 4 is 17.6 Å². The van der Waals surface area contributed by atoms with E-state index in [4.69, 9.17) is 16.3 Å². The number of rotatable bonds is 5. The molecule has 132 valence electrons. The maximum atomic E-state index is 11.4. The van der Waals surface area contributed by atoms with Crippen molar-refractivity contribution in [3.05, 3.63) is 28.8 Å². The van der Waals surface area contributed by atoms with Gasteiger partial charge in [0.15, 0.2) is 0 Å². The molecule has 1 aromatic carbocycles. The second-order valence-electron chi connectivity index (χ2n) is 7.35. The highest BCUT2D eigenvalue weighted by Gasteiger charge is 2.30. The molecular formula is C19H26ClNO3. The van der Waals surface area contributed by atoms with Crippen molar-refractivity contribution < 1.29 is 14.6 Å². The average Bonchev–Trinajstić information content (AvgIpc) is 3.02. The van der Waals surface area contributed by atoms with E-state index in [0.717, 1.165) is 37.1 Å². The molecule has 24 heavy (non-hydrogen) atoms. The van der Waals surface area contributed by atoms with Crippen LogP contribution >= 0.6 is 11.6 Å². The molecule has 0 aromatic heterocycles. The number of benzene rings is 1. The maximum absolute atomic E-state index is 11.4. The van der Waals surface area contributed by atoms with Gasteiger partial charge in [-0.3, -0.25) is 9.69 Å². The Bertz CT molecular complexity index is 586. The van der Waals surface area contributed by atoms with Crippen LogP contribution in [-0.2, 0) is 11.3 Å². The Kier molecular flexibility index (Phi) is 5.67. The molecule has 2 unspecified atom stereocenters. The highest BCUT2D eigenvalue weighted by atomic mass is 35.5. The number of hydrogen-bond donors (Lipinski definition) is 1. The van der Waals surface area contributed by atoms with Crippen molar-refractivity contribution in [1.82, 2.24) is 4.90 Å². The summed E-state index contributed by atoms with van der Waals surface area (Å²) in [6.07, 6.45) is 5.76. The second kappa shape index (κ2) is 7.75. The Balaban J connectivity index is 1.73. The standard InChI is InChI=1S/C19H26ClNO3/c1-13-8-15(19(22)23)12-21(10-13)11-14-9-16(20)6-7-18(14)24-17-4-2-3-5-17/h6-7,9,13,15,17H,2-5,8,10-12H2,1H3,(H,22,23). The van der Waals surface area contributed by atoms with E-state index >= 15 is 0 Å². The van der Waals surface area contributed by atoms with Gasteiger partial charge in [0.25, 0.3) is 0 Å². The number of piperidine rings is 1. The van der Waals surface area contributed by atoms with Gasteiger partial charge in [-0.1, -0.05) is 18.5 Å². The highest BCUT2D eigenvalue weighted by molar-refractivity contribution is 6.30. The summed E-state index contributed by atoms with van der Waals surface area (Å²) in [6.45, 7) is 4.32. The molecule has 2 aliphatic rings. The Morgan fingerprint density at radius 3 is 2.79 bits per heavy atom. The van der Waals surface area contributed by atoms with Crippen LogP contribution in [0.25, 0.3) is 0 Å². The summed E-state index contributed by atoms with van der Waals surface area (Å²) < 4.78 is 6.20. The number of carboxylic acid groups (broad SMARTS) is 1. The third-order valence-corrected chi connectivity index (χ3v) is 5.33. The normalized spacial score (nSPS) is 25.8. The largest absolute Gasteiger partial charge is 0.490 e. The van der Waals surface area contributed by atoms with Crippen molar-refractivity contribution in [2.45, 2.75) is 51.7 Å². The van der Waals surface area contributed by atoms with Gasteiger partial charge in [-0.05, 0) is 56.2 Å². The van der Waals surface area contributed by atoms with Gasteiger partial charge in [0.05, 0.1) is 12.0 Å². The van der Waals surface area contributed by atoms with Crippen LogP contribution in [0.3, 0.4) is 0 Å². The summed E-state index contributed by atoms with van der Waals surface area (Å²) in [5.74, 6) is 0.307. The number of aliphatic carboxylic acids is 1. The summed E-state index contributed by atoms with van der Waals surface area (Å²) in [6, 6.07) is 5.78. The number of likely N-dealkylation sites (tertiary alicyclic amines) is 1. The zero-order valence-corrected chi connectivity index (χ0v) is 15.0. The molecule has 0 radical (unpaired) electrons. The first-order valence-corrected chi connectivity index (χ1v) is 9.29. The SMILES string of the molecule is CC1CC(C(=O)O)CN(Cc2cc(Cl)ccc2OC2CCCC2)C1. The Labute approximate surface area is 148 Å². The quantitative estimate of drug-likeness (QED) is 0.863.